The SMILES string of the molecule is COc1cccc2c1nc(N)n2-c1ccc(C)cc1. The molecule has 0 saturated carbocycles. The first-order chi connectivity index (χ1) is 9.20. The number of anilines is 1. The van der Waals surface area contributed by atoms with E-state index in [0.717, 1.165) is 22.5 Å². The summed E-state index contributed by atoms with van der Waals surface area (Å²) in [6.45, 7) is 2.06. The van der Waals surface area contributed by atoms with Crippen molar-refractivity contribution in [3.63, 3.8) is 0 Å². The van der Waals surface area contributed by atoms with Gasteiger partial charge in [-0.05, 0) is 31.2 Å². The molecule has 0 amide bonds. The molecule has 0 spiro atoms. The Hall–Kier alpha value is -2.49. The molecular weight excluding hydrogens is 238 g/mol. The van der Waals surface area contributed by atoms with Crippen LogP contribution in [-0.2, 0) is 0 Å². The predicted molar refractivity (Wildman–Crippen MR) is 76.8 cm³/mol. The minimum Gasteiger partial charge on any atom is -0.494 e. The van der Waals surface area contributed by atoms with E-state index < -0.39 is 0 Å². The van der Waals surface area contributed by atoms with Crippen LogP contribution in [0.15, 0.2) is 42.5 Å². The van der Waals surface area contributed by atoms with Gasteiger partial charge in [-0.1, -0.05) is 23.8 Å². The number of imidazole rings is 1. The largest absolute Gasteiger partial charge is 0.494 e. The first kappa shape index (κ1) is 11.6. The fourth-order valence-corrected chi connectivity index (χ4v) is 2.22. The van der Waals surface area contributed by atoms with Crippen LogP contribution in [-0.4, -0.2) is 16.7 Å². The van der Waals surface area contributed by atoms with Crippen molar-refractivity contribution in [2.45, 2.75) is 6.92 Å². The van der Waals surface area contributed by atoms with Gasteiger partial charge in [0.1, 0.15) is 11.3 Å². The highest BCUT2D eigenvalue weighted by Crippen LogP contribution is 2.29. The highest BCUT2D eigenvalue weighted by molar-refractivity contribution is 5.86. The van der Waals surface area contributed by atoms with Gasteiger partial charge in [0.15, 0.2) is 0 Å². The van der Waals surface area contributed by atoms with Crippen molar-refractivity contribution < 1.29 is 4.74 Å². The standard InChI is InChI=1S/C15H15N3O/c1-10-6-8-11(9-7-10)18-12-4-3-5-13(19-2)14(12)17-15(18)16/h3-9H,1-2H3,(H2,16,17). The molecule has 19 heavy (non-hydrogen) atoms. The Kier molecular flexibility index (Phi) is 2.63. The molecule has 0 atom stereocenters. The fraction of sp³-hybridized carbons (Fsp3) is 0.133. The van der Waals surface area contributed by atoms with Crippen molar-refractivity contribution in [3.8, 4) is 11.4 Å². The number of methoxy groups -OCH3 is 1. The molecule has 0 bridgehead atoms. The number of ether oxygens (including phenoxy) is 1. The fourth-order valence-electron chi connectivity index (χ4n) is 2.22. The van der Waals surface area contributed by atoms with Gasteiger partial charge in [-0.3, -0.25) is 4.57 Å². The third kappa shape index (κ3) is 1.81. The summed E-state index contributed by atoms with van der Waals surface area (Å²) >= 11 is 0. The van der Waals surface area contributed by atoms with Crippen molar-refractivity contribution in [3.05, 3.63) is 48.0 Å². The smallest absolute Gasteiger partial charge is 0.206 e. The predicted octanol–water partition coefficient (Wildman–Crippen LogP) is 2.92. The van der Waals surface area contributed by atoms with Crippen LogP contribution in [0.4, 0.5) is 5.95 Å². The van der Waals surface area contributed by atoms with E-state index in [0.29, 0.717) is 5.95 Å². The number of nitrogen functional groups attached to an aromatic ring is 1. The number of aryl methyl sites for hydroxylation is 1. The molecule has 0 aliphatic heterocycles. The summed E-state index contributed by atoms with van der Waals surface area (Å²) < 4.78 is 7.25. The molecule has 3 rings (SSSR count). The van der Waals surface area contributed by atoms with Crippen LogP contribution in [0.1, 0.15) is 5.56 Å². The molecule has 1 aromatic heterocycles. The first-order valence-electron chi connectivity index (χ1n) is 6.08. The Labute approximate surface area is 111 Å². The van der Waals surface area contributed by atoms with Gasteiger partial charge >= 0.3 is 0 Å². The quantitative estimate of drug-likeness (QED) is 0.764. The molecule has 96 valence electrons. The van der Waals surface area contributed by atoms with Crippen LogP contribution in [0.2, 0.25) is 0 Å². The average Bonchev–Trinajstić information content (AvgIpc) is 2.76. The number of aromatic nitrogens is 2. The molecule has 0 radical (unpaired) electrons. The van der Waals surface area contributed by atoms with E-state index in [9.17, 15) is 0 Å². The van der Waals surface area contributed by atoms with Gasteiger partial charge in [-0.2, -0.15) is 0 Å². The van der Waals surface area contributed by atoms with Gasteiger partial charge in [0.05, 0.1) is 12.6 Å². The van der Waals surface area contributed by atoms with Crippen LogP contribution in [0.3, 0.4) is 0 Å². The molecule has 2 N–H and O–H groups in total. The molecule has 0 aliphatic carbocycles. The van der Waals surface area contributed by atoms with Crippen LogP contribution in [0.5, 0.6) is 5.75 Å². The molecule has 0 saturated heterocycles. The third-order valence-corrected chi connectivity index (χ3v) is 3.19. The zero-order valence-corrected chi connectivity index (χ0v) is 10.9. The van der Waals surface area contributed by atoms with Crippen molar-refractivity contribution in [2.75, 3.05) is 12.8 Å². The van der Waals surface area contributed by atoms with Crippen molar-refractivity contribution in [2.24, 2.45) is 0 Å². The molecule has 2 aromatic carbocycles. The zero-order valence-electron chi connectivity index (χ0n) is 10.9. The van der Waals surface area contributed by atoms with E-state index in [4.69, 9.17) is 10.5 Å². The van der Waals surface area contributed by atoms with Crippen molar-refractivity contribution >= 4 is 17.0 Å². The van der Waals surface area contributed by atoms with Crippen LogP contribution in [0, 0.1) is 6.92 Å². The maximum absolute atomic E-state index is 6.04. The van der Waals surface area contributed by atoms with E-state index in [1.165, 1.54) is 5.56 Å². The Morgan fingerprint density at radius 3 is 2.53 bits per heavy atom. The molecule has 0 unspecified atom stereocenters. The Balaban J connectivity index is 2.29. The van der Waals surface area contributed by atoms with Crippen molar-refractivity contribution in [1.29, 1.82) is 0 Å². The van der Waals surface area contributed by atoms with Gasteiger partial charge in [-0.15, -0.1) is 0 Å². The second-order valence-electron chi connectivity index (χ2n) is 4.47. The topological polar surface area (TPSA) is 53.1 Å². The Morgan fingerprint density at radius 1 is 1.11 bits per heavy atom. The van der Waals surface area contributed by atoms with Crippen LogP contribution in [0.25, 0.3) is 16.7 Å². The summed E-state index contributed by atoms with van der Waals surface area (Å²) in [6.07, 6.45) is 0. The van der Waals surface area contributed by atoms with Gasteiger partial charge in [0.2, 0.25) is 5.95 Å². The van der Waals surface area contributed by atoms with E-state index in [-0.39, 0.29) is 0 Å². The maximum atomic E-state index is 6.04. The lowest BCUT2D eigenvalue weighted by Gasteiger charge is -2.07. The Bertz CT molecular complexity index is 729. The van der Waals surface area contributed by atoms with Crippen LogP contribution < -0.4 is 10.5 Å². The van der Waals surface area contributed by atoms with E-state index >= 15 is 0 Å². The second-order valence-corrected chi connectivity index (χ2v) is 4.47. The third-order valence-electron chi connectivity index (χ3n) is 3.19. The molecule has 0 aliphatic rings. The highest BCUT2D eigenvalue weighted by Gasteiger charge is 2.12. The maximum Gasteiger partial charge on any atom is 0.206 e. The lowest BCUT2D eigenvalue weighted by atomic mass is 10.2. The Morgan fingerprint density at radius 2 is 1.84 bits per heavy atom. The number of rotatable bonds is 2. The minimum atomic E-state index is 0.461. The number of hydrogen-bond donors (Lipinski definition) is 1. The van der Waals surface area contributed by atoms with Crippen molar-refractivity contribution in [1.82, 2.24) is 9.55 Å². The van der Waals surface area contributed by atoms with Gasteiger partial charge < -0.3 is 10.5 Å². The highest BCUT2D eigenvalue weighted by atomic mass is 16.5. The molecule has 4 heteroatoms. The van der Waals surface area contributed by atoms with E-state index in [2.05, 4.69) is 24.0 Å². The summed E-state index contributed by atoms with van der Waals surface area (Å²) in [4.78, 5) is 4.40. The molecule has 0 fully saturated rings. The normalized spacial score (nSPS) is 10.8. The summed E-state index contributed by atoms with van der Waals surface area (Å²) in [6, 6.07) is 14.0. The lowest BCUT2D eigenvalue weighted by Crippen LogP contribution is -2.00. The van der Waals surface area contributed by atoms with E-state index in [1.54, 1.807) is 7.11 Å². The summed E-state index contributed by atoms with van der Waals surface area (Å²) in [7, 11) is 1.63. The number of hydrogen-bond acceptors (Lipinski definition) is 3. The zero-order chi connectivity index (χ0) is 13.4. The number of nitrogens with zero attached hydrogens (tertiary/aromatic N) is 2. The number of para-hydroxylation sites is 1. The van der Waals surface area contributed by atoms with Gasteiger partial charge in [-0.25, -0.2) is 4.98 Å². The van der Waals surface area contributed by atoms with E-state index in [1.807, 2.05) is 34.9 Å². The van der Waals surface area contributed by atoms with Crippen LogP contribution >= 0.6 is 0 Å². The monoisotopic (exact) mass is 253 g/mol. The molecule has 4 nitrogen and oxygen atoms in total. The molecule has 3 aromatic rings. The summed E-state index contributed by atoms with van der Waals surface area (Å²) in [5, 5.41) is 0. The summed E-state index contributed by atoms with van der Waals surface area (Å²) in [5.41, 5.74) is 9.98. The molecule has 1 heterocycles. The summed E-state index contributed by atoms with van der Waals surface area (Å²) in [5.74, 6) is 1.19. The average molecular weight is 253 g/mol. The second kappa shape index (κ2) is 4.31. The first-order valence-corrected chi connectivity index (χ1v) is 6.08. The minimum absolute atomic E-state index is 0.461. The molecular formula is C15H15N3O. The lowest BCUT2D eigenvalue weighted by molar-refractivity contribution is 0.419. The number of benzene rings is 2. The number of fused-ring (bicyclic) bond motifs is 1. The van der Waals surface area contributed by atoms with Gasteiger partial charge in [0.25, 0.3) is 0 Å². The van der Waals surface area contributed by atoms with Gasteiger partial charge in [0, 0.05) is 5.69 Å². The number of nitrogens with two attached hydrogens (primary N) is 1.